The fourth-order valence-electron chi connectivity index (χ4n) is 9.04. The lowest BCUT2D eigenvalue weighted by Crippen LogP contribution is -2.53. The molecule has 2 aliphatic heterocycles. The van der Waals surface area contributed by atoms with E-state index in [1.54, 1.807) is 0 Å². The van der Waals surface area contributed by atoms with E-state index in [1.807, 2.05) is 25.6 Å². The topological polar surface area (TPSA) is 230 Å². The van der Waals surface area contributed by atoms with Crippen LogP contribution in [0.2, 0.25) is 0 Å². The predicted octanol–water partition coefficient (Wildman–Crippen LogP) is 5.49. The van der Waals surface area contributed by atoms with Gasteiger partial charge in [-0.2, -0.15) is 11.8 Å². The van der Waals surface area contributed by atoms with Crippen LogP contribution in [0.15, 0.2) is 0 Å². The fraction of sp³-hybridized carbons (Fsp3) is 0.860. The van der Waals surface area contributed by atoms with Crippen molar-refractivity contribution in [3.63, 3.8) is 0 Å². The Morgan fingerprint density at radius 3 is 1.85 bits per heavy atom. The van der Waals surface area contributed by atoms with Crippen molar-refractivity contribution in [3.05, 3.63) is 0 Å². The lowest BCUT2D eigenvalue weighted by atomic mass is 9.80. The van der Waals surface area contributed by atoms with E-state index in [4.69, 9.17) is 10.5 Å². The Labute approximate surface area is 357 Å². The molecule has 0 spiro atoms. The maximum atomic E-state index is 12.8. The molecule has 8 atom stereocenters. The number of thioether (sulfide) groups is 1. The summed E-state index contributed by atoms with van der Waals surface area (Å²) >= 11 is 1.92. The highest BCUT2D eigenvalue weighted by molar-refractivity contribution is 8.00. The third-order valence-corrected chi connectivity index (χ3v) is 13.9. The molecule has 0 aromatic heterocycles. The minimum atomic E-state index is -1.06. The van der Waals surface area contributed by atoms with Gasteiger partial charge >= 0.3 is 18.1 Å². The average Bonchev–Trinajstić information content (AvgIpc) is 3.86. The highest BCUT2D eigenvalue weighted by Crippen LogP contribution is 2.39. The van der Waals surface area contributed by atoms with E-state index in [0.29, 0.717) is 31.2 Å². The number of carboxylic acid groups (broad SMARTS) is 1. The first-order chi connectivity index (χ1) is 28.4. The number of carboxylic acids is 1. The van der Waals surface area contributed by atoms with Crippen LogP contribution in [-0.2, 0) is 23.9 Å². The van der Waals surface area contributed by atoms with E-state index in [1.165, 1.54) is 32.6 Å². The Balaban J connectivity index is 1.09. The molecule has 6 amide bonds. The Bertz CT molecular complexity index is 1310. The molecule has 5 unspecified atom stereocenters. The number of alkyl carbamates (subject to hydrolysis) is 1. The summed E-state index contributed by atoms with van der Waals surface area (Å²) in [5.41, 5.74) is 6.43. The number of amides is 6. The molecule has 3 aliphatic rings. The number of hydrogen-bond acceptors (Lipinski definition) is 9. The Morgan fingerprint density at radius 1 is 0.780 bits per heavy atom. The zero-order valence-electron chi connectivity index (χ0n) is 36.2. The predicted molar refractivity (Wildman–Crippen MR) is 232 cm³/mol. The molecule has 2 saturated heterocycles. The van der Waals surface area contributed by atoms with Crippen LogP contribution < -0.4 is 37.6 Å². The number of carbonyl (C=O) groups is 6. The molecule has 0 bridgehead atoms. The number of aliphatic carboxylic acids is 1. The average molecular weight is 852 g/mol. The monoisotopic (exact) mass is 852 g/mol. The van der Waals surface area contributed by atoms with E-state index in [-0.39, 0.29) is 48.2 Å². The number of urea groups is 1. The molecule has 59 heavy (non-hydrogen) atoms. The molecular formula is C43H77N7O8S. The summed E-state index contributed by atoms with van der Waals surface area (Å²) in [7, 11) is 0. The van der Waals surface area contributed by atoms with Crippen LogP contribution in [0.25, 0.3) is 0 Å². The molecule has 9 N–H and O–H groups in total. The van der Waals surface area contributed by atoms with Crippen molar-refractivity contribution >= 4 is 47.6 Å². The molecule has 1 aliphatic carbocycles. The number of nitrogens with two attached hydrogens (primary N) is 1. The number of fused-ring (bicyclic) bond motifs is 1. The molecule has 3 rings (SSSR count). The first-order valence-electron chi connectivity index (χ1n) is 22.9. The zero-order chi connectivity index (χ0) is 43.0. The van der Waals surface area contributed by atoms with Crippen molar-refractivity contribution in [2.45, 2.75) is 191 Å². The molecule has 0 aromatic rings. The van der Waals surface area contributed by atoms with E-state index >= 15 is 0 Å². The SMILES string of the molecule is CCC(CC)C(NC(C)=O)C1C(N)CC(C(=O)O)C1OC(=O)NCCCCCCNC(=O)CCCCCCCCCCCNC(=O)CCCC[C@@H]1SC[C@@H]2NC(=O)N[C@@H]21. The van der Waals surface area contributed by atoms with E-state index in [2.05, 4.69) is 31.9 Å². The third-order valence-electron chi connectivity index (χ3n) is 12.4. The van der Waals surface area contributed by atoms with Crippen LogP contribution in [0, 0.1) is 17.8 Å². The molecule has 16 heteroatoms. The number of carbonyl (C=O) groups excluding carboxylic acids is 5. The van der Waals surface area contributed by atoms with Gasteiger partial charge < -0.3 is 47.5 Å². The molecular weight excluding hydrogens is 775 g/mol. The van der Waals surface area contributed by atoms with Gasteiger partial charge in [0.2, 0.25) is 17.7 Å². The second-order valence-corrected chi connectivity index (χ2v) is 18.2. The minimum Gasteiger partial charge on any atom is -0.481 e. The van der Waals surface area contributed by atoms with Crippen LogP contribution in [0.3, 0.4) is 0 Å². The van der Waals surface area contributed by atoms with Gasteiger partial charge in [-0.25, -0.2) is 9.59 Å². The van der Waals surface area contributed by atoms with Crippen LogP contribution in [0.4, 0.5) is 9.59 Å². The standard InChI is InChI=1S/C43H77N7O8S/c1-4-30(5-2)38(48-29(3)51)37-32(44)27-31(41(54)55)40(37)58-43(57)47-26-20-14-13-19-25-45-35(52)22-15-11-9-7-6-8-10-12-18-24-46-36(53)23-17-16-21-34-39-33(28-59-34)49-42(56)50-39/h30-34,37-40H,4-28,44H2,1-3H3,(H,45,52)(H,46,53)(H,47,57)(H,48,51)(H,54,55)(H2,49,50,56)/t31?,32?,33-,34-,37?,38?,39-,40?/m0/s1. The summed E-state index contributed by atoms with van der Waals surface area (Å²) in [6.45, 7) is 7.22. The number of nitrogens with one attached hydrogen (secondary N) is 6. The summed E-state index contributed by atoms with van der Waals surface area (Å²) in [5.74, 6) is -1.47. The van der Waals surface area contributed by atoms with Crippen molar-refractivity contribution in [1.82, 2.24) is 31.9 Å². The van der Waals surface area contributed by atoms with Gasteiger partial charge in [0, 0.05) is 68.4 Å². The Kier molecular flexibility index (Phi) is 24.0. The zero-order valence-corrected chi connectivity index (χ0v) is 37.0. The maximum absolute atomic E-state index is 12.8. The van der Waals surface area contributed by atoms with Crippen molar-refractivity contribution in [3.8, 4) is 0 Å². The van der Waals surface area contributed by atoms with Gasteiger partial charge in [-0.3, -0.25) is 19.2 Å². The van der Waals surface area contributed by atoms with Gasteiger partial charge in [-0.05, 0) is 50.9 Å². The van der Waals surface area contributed by atoms with Gasteiger partial charge in [-0.15, -0.1) is 0 Å². The van der Waals surface area contributed by atoms with E-state index < -0.39 is 42.1 Å². The second kappa shape index (κ2) is 28.3. The molecule has 338 valence electrons. The third kappa shape index (κ3) is 18.5. The van der Waals surface area contributed by atoms with Crippen LogP contribution in [0.1, 0.15) is 156 Å². The molecule has 0 radical (unpaired) electrons. The summed E-state index contributed by atoms with van der Waals surface area (Å²) < 4.78 is 5.73. The number of rotatable bonds is 31. The maximum Gasteiger partial charge on any atom is 0.407 e. The van der Waals surface area contributed by atoms with Gasteiger partial charge in [0.1, 0.15) is 6.10 Å². The van der Waals surface area contributed by atoms with Gasteiger partial charge in [0.25, 0.3) is 0 Å². The largest absolute Gasteiger partial charge is 0.481 e. The number of hydrogen-bond donors (Lipinski definition) is 8. The smallest absolute Gasteiger partial charge is 0.407 e. The lowest BCUT2D eigenvalue weighted by Gasteiger charge is -2.36. The summed E-state index contributed by atoms with van der Waals surface area (Å²) in [4.78, 5) is 72.9. The Hall–Kier alpha value is -3.27. The molecule has 15 nitrogen and oxygen atoms in total. The highest BCUT2D eigenvalue weighted by atomic mass is 32.2. The fourth-order valence-corrected chi connectivity index (χ4v) is 10.6. The number of unbranched alkanes of at least 4 members (excludes halogenated alkanes) is 12. The summed E-state index contributed by atoms with van der Waals surface area (Å²) in [6, 6.07) is -0.487. The van der Waals surface area contributed by atoms with Crippen molar-refractivity contribution in [2.75, 3.05) is 25.4 Å². The van der Waals surface area contributed by atoms with Crippen molar-refractivity contribution in [2.24, 2.45) is 23.5 Å². The van der Waals surface area contributed by atoms with Gasteiger partial charge in [0.15, 0.2) is 0 Å². The van der Waals surface area contributed by atoms with Crippen LogP contribution >= 0.6 is 11.8 Å². The van der Waals surface area contributed by atoms with Crippen LogP contribution in [0.5, 0.6) is 0 Å². The normalized spacial score (nSPS) is 23.9. The lowest BCUT2D eigenvalue weighted by molar-refractivity contribution is -0.145. The van der Waals surface area contributed by atoms with Crippen molar-refractivity contribution in [1.29, 1.82) is 0 Å². The van der Waals surface area contributed by atoms with Crippen molar-refractivity contribution < 1.29 is 38.6 Å². The Morgan fingerprint density at radius 2 is 1.31 bits per heavy atom. The quantitative estimate of drug-likeness (QED) is 0.0323. The van der Waals surface area contributed by atoms with E-state index in [0.717, 1.165) is 102 Å². The number of ether oxygens (including phenoxy) is 1. The van der Waals surface area contributed by atoms with Gasteiger partial charge in [-0.1, -0.05) is 90.9 Å². The molecule has 1 saturated carbocycles. The summed E-state index contributed by atoms with van der Waals surface area (Å²) in [6.07, 6.45) is 17.5. The van der Waals surface area contributed by atoms with Crippen LogP contribution in [-0.4, -0.2) is 102 Å². The first-order valence-corrected chi connectivity index (χ1v) is 23.9. The highest BCUT2D eigenvalue weighted by Gasteiger charge is 2.52. The minimum absolute atomic E-state index is 0.0513. The van der Waals surface area contributed by atoms with Gasteiger partial charge in [0.05, 0.1) is 18.0 Å². The molecule has 2 heterocycles. The second-order valence-electron chi connectivity index (χ2n) is 16.9. The molecule has 3 fully saturated rings. The first kappa shape index (κ1) is 50.1. The summed E-state index contributed by atoms with van der Waals surface area (Å²) in [5, 5.41) is 28.1. The van der Waals surface area contributed by atoms with E-state index in [9.17, 15) is 33.9 Å². The molecule has 0 aromatic carbocycles.